The molecule has 0 aliphatic heterocycles. The SMILES string of the molecule is COc1ccc(C(=O)NCCNC(=O)Cn2c(C)csc2=O)cc1. The molecule has 0 aliphatic rings. The number of rotatable bonds is 7. The molecule has 24 heavy (non-hydrogen) atoms. The second-order valence-corrected chi connectivity index (χ2v) is 5.88. The Kier molecular flexibility index (Phi) is 6.14. The van der Waals surface area contributed by atoms with Gasteiger partial charge in [-0.1, -0.05) is 11.3 Å². The fraction of sp³-hybridized carbons (Fsp3) is 0.312. The summed E-state index contributed by atoms with van der Waals surface area (Å²) in [6.45, 7) is 2.35. The molecule has 0 aliphatic carbocycles. The molecule has 2 rings (SSSR count). The molecular weight excluding hydrogens is 330 g/mol. The minimum Gasteiger partial charge on any atom is -0.497 e. The van der Waals surface area contributed by atoms with Crippen molar-refractivity contribution in [1.82, 2.24) is 15.2 Å². The first-order valence-corrected chi connectivity index (χ1v) is 8.23. The van der Waals surface area contributed by atoms with Gasteiger partial charge in [-0.2, -0.15) is 0 Å². The molecule has 1 heterocycles. The summed E-state index contributed by atoms with van der Waals surface area (Å²) < 4.78 is 6.44. The summed E-state index contributed by atoms with van der Waals surface area (Å²) in [5.74, 6) is 0.187. The number of amides is 2. The zero-order valence-corrected chi connectivity index (χ0v) is 14.3. The number of methoxy groups -OCH3 is 1. The Morgan fingerprint density at radius 1 is 1.17 bits per heavy atom. The maximum absolute atomic E-state index is 11.9. The molecule has 2 N–H and O–H groups in total. The van der Waals surface area contributed by atoms with E-state index < -0.39 is 0 Å². The third-order valence-electron chi connectivity index (χ3n) is 3.36. The fourth-order valence-electron chi connectivity index (χ4n) is 2.02. The Morgan fingerprint density at radius 3 is 2.42 bits per heavy atom. The van der Waals surface area contributed by atoms with Gasteiger partial charge in [0, 0.05) is 29.7 Å². The van der Waals surface area contributed by atoms with Crippen LogP contribution in [0.3, 0.4) is 0 Å². The maximum atomic E-state index is 11.9. The van der Waals surface area contributed by atoms with Gasteiger partial charge in [0.05, 0.1) is 7.11 Å². The molecule has 2 aromatic rings. The summed E-state index contributed by atoms with van der Waals surface area (Å²) >= 11 is 1.07. The van der Waals surface area contributed by atoms with Crippen LogP contribution < -0.4 is 20.2 Å². The van der Waals surface area contributed by atoms with Crippen LogP contribution in [0.5, 0.6) is 5.75 Å². The molecule has 0 fully saturated rings. The zero-order chi connectivity index (χ0) is 17.5. The number of hydrogen-bond donors (Lipinski definition) is 2. The van der Waals surface area contributed by atoms with Gasteiger partial charge in [0.1, 0.15) is 12.3 Å². The van der Waals surface area contributed by atoms with E-state index in [1.54, 1.807) is 43.7 Å². The number of hydrogen-bond acceptors (Lipinski definition) is 5. The number of aryl methyl sites for hydroxylation is 1. The predicted octanol–water partition coefficient (Wildman–Crippen LogP) is 0.773. The Morgan fingerprint density at radius 2 is 1.83 bits per heavy atom. The molecule has 0 bridgehead atoms. The van der Waals surface area contributed by atoms with E-state index in [9.17, 15) is 14.4 Å². The van der Waals surface area contributed by atoms with Gasteiger partial charge in [-0.15, -0.1) is 0 Å². The lowest BCUT2D eigenvalue weighted by Gasteiger charge is -2.08. The average molecular weight is 349 g/mol. The van der Waals surface area contributed by atoms with Crippen molar-refractivity contribution in [2.45, 2.75) is 13.5 Å². The number of benzene rings is 1. The summed E-state index contributed by atoms with van der Waals surface area (Å²) in [6.07, 6.45) is 0. The molecule has 0 atom stereocenters. The van der Waals surface area contributed by atoms with Gasteiger partial charge < -0.3 is 15.4 Å². The number of carbonyl (C=O) groups is 2. The zero-order valence-electron chi connectivity index (χ0n) is 13.5. The first-order valence-electron chi connectivity index (χ1n) is 7.35. The normalized spacial score (nSPS) is 10.2. The van der Waals surface area contributed by atoms with Crippen LogP contribution in [0.25, 0.3) is 0 Å². The highest BCUT2D eigenvalue weighted by Crippen LogP contribution is 2.10. The van der Waals surface area contributed by atoms with Gasteiger partial charge in [0.15, 0.2) is 0 Å². The Labute approximate surface area is 143 Å². The van der Waals surface area contributed by atoms with E-state index in [1.165, 1.54) is 4.57 Å². The first kappa shape index (κ1) is 17.7. The van der Waals surface area contributed by atoms with Crippen LogP contribution in [0.2, 0.25) is 0 Å². The Bertz CT molecular complexity index is 764. The molecule has 0 spiro atoms. The van der Waals surface area contributed by atoms with Crippen molar-refractivity contribution in [3.63, 3.8) is 0 Å². The number of thiazole rings is 1. The van der Waals surface area contributed by atoms with Crippen molar-refractivity contribution < 1.29 is 14.3 Å². The second kappa shape index (κ2) is 8.30. The molecule has 128 valence electrons. The van der Waals surface area contributed by atoms with Crippen molar-refractivity contribution in [3.05, 3.63) is 50.6 Å². The van der Waals surface area contributed by atoms with Crippen molar-refractivity contribution in [2.24, 2.45) is 0 Å². The van der Waals surface area contributed by atoms with E-state index in [0.717, 1.165) is 17.0 Å². The molecule has 7 nitrogen and oxygen atoms in total. The van der Waals surface area contributed by atoms with Gasteiger partial charge in [-0.3, -0.25) is 19.0 Å². The van der Waals surface area contributed by atoms with Gasteiger partial charge in [0.25, 0.3) is 5.91 Å². The third-order valence-corrected chi connectivity index (χ3v) is 4.24. The van der Waals surface area contributed by atoms with Crippen LogP contribution in [0.1, 0.15) is 16.1 Å². The number of nitrogens with one attached hydrogen (secondary N) is 2. The molecule has 0 saturated heterocycles. The van der Waals surface area contributed by atoms with E-state index >= 15 is 0 Å². The minimum atomic E-state index is -0.266. The van der Waals surface area contributed by atoms with Crippen LogP contribution in [0.4, 0.5) is 0 Å². The molecule has 0 unspecified atom stereocenters. The van der Waals surface area contributed by atoms with Crippen LogP contribution in [0, 0.1) is 6.92 Å². The monoisotopic (exact) mass is 349 g/mol. The van der Waals surface area contributed by atoms with Gasteiger partial charge >= 0.3 is 4.87 Å². The third kappa shape index (κ3) is 4.69. The van der Waals surface area contributed by atoms with Gasteiger partial charge in [-0.05, 0) is 31.2 Å². The Balaban J connectivity index is 1.73. The highest BCUT2D eigenvalue weighted by atomic mass is 32.1. The Hall–Kier alpha value is -2.61. The maximum Gasteiger partial charge on any atom is 0.307 e. The highest BCUT2D eigenvalue weighted by Gasteiger charge is 2.08. The summed E-state index contributed by atoms with van der Waals surface area (Å²) in [6, 6.07) is 6.74. The van der Waals surface area contributed by atoms with E-state index in [2.05, 4.69) is 10.6 Å². The van der Waals surface area contributed by atoms with Gasteiger partial charge in [-0.25, -0.2) is 0 Å². The lowest BCUT2D eigenvalue weighted by molar-refractivity contribution is -0.121. The summed E-state index contributed by atoms with van der Waals surface area (Å²) in [5, 5.41) is 7.10. The van der Waals surface area contributed by atoms with Crippen molar-refractivity contribution in [1.29, 1.82) is 0 Å². The fourth-order valence-corrected chi connectivity index (χ4v) is 2.75. The largest absolute Gasteiger partial charge is 0.497 e. The number of aromatic nitrogens is 1. The summed E-state index contributed by atoms with van der Waals surface area (Å²) in [5.41, 5.74) is 1.27. The van der Waals surface area contributed by atoms with Gasteiger partial charge in [0.2, 0.25) is 5.91 Å². The quantitative estimate of drug-likeness (QED) is 0.723. The molecule has 0 saturated carbocycles. The van der Waals surface area contributed by atoms with Crippen molar-refractivity contribution in [2.75, 3.05) is 20.2 Å². The van der Waals surface area contributed by atoms with E-state index in [1.807, 2.05) is 0 Å². The van der Waals surface area contributed by atoms with Crippen LogP contribution in [0.15, 0.2) is 34.4 Å². The van der Waals surface area contributed by atoms with Crippen LogP contribution in [-0.2, 0) is 11.3 Å². The lowest BCUT2D eigenvalue weighted by atomic mass is 10.2. The van der Waals surface area contributed by atoms with E-state index in [-0.39, 0.29) is 23.2 Å². The molecule has 0 radical (unpaired) electrons. The predicted molar refractivity (Wildman–Crippen MR) is 91.7 cm³/mol. The minimum absolute atomic E-state index is 0.0133. The number of ether oxygens (including phenoxy) is 1. The van der Waals surface area contributed by atoms with E-state index in [0.29, 0.717) is 24.4 Å². The topological polar surface area (TPSA) is 89.4 Å². The molecule has 1 aromatic carbocycles. The standard InChI is InChI=1S/C16H19N3O4S/c1-11-10-24-16(22)19(11)9-14(20)17-7-8-18-15(21)12-3-5-13(23-2)6-4-12/h3-6,10H,7-9H2,1-2H3,(H,17,20)(H,18,21). The van der Waals surface area contributed by atoms with Crippen molar-refractivity contribution >= 4 is 23.2 Å². The van der Waals surface area contributed by atoms with Crippen molar-refractivity contribution in [3.8, 4) is 5.75 Å². The molecule has 8 heteroatoms. The highest BCUT2D eigenvalue weighted by molar-refractivity contribution is 7.07. The lowest BCUT2D eigenvalue weighted by Crippen LogP contribution is -2.37. The van der Waals surface area contributed by atoms with Crippen LogP contribution in [-0.4, -0.2) is 36.6 Å². The number of nitrogens with zero attached hydrogens (tertiary/aromatic N) is 1. The van der Waals surface area contributed by atoms with E-state index in [4.69, 9.17) is 4.74 Å². The summed E-state index contributed by atoms with van der Waals surface area (Å²) in [7, 11) is 1.56. The molecule has 1 aromatic heterocycles. The number of carbonyl (C=O) groups excluding carboxylic acids is 2. The average Bonchev–Trinajstić information content (AvgIpc) is 2.90. The summed E-state index contributed by atoms with van der Waals surface area (Å²) in [4.78, 5) is 35.1. The van der Waals surface area contributed by atoms with Crippen LogP contribution >= 0.6 is 11.3 Å². The second-order valence-electron chi connectivity index (χ2n) is 5.06. The smallest absolute Gasteiger partial charge is 0.307 e. The first-order chi connectivity index (χ1) is 11.5. The molecule has 2 amide bonds. The molecular formula is C16H19N3O4S.